The number of aromatic carboxylic acids is 3. The summed E-state index contributed by atoms with van der Waals surface area (Å²) in [7, 11) is 0. The predicted octanol–water partition coefficient (Wildman–Crippen LogP) is 2.25. The second-order valence-electron chi connectivity index (χ2n) is 4.13. The lowest BCUT2D eigenvalue weighted by Crippen LogP contribution is -2.08. The summed E-state index contributed by atoms with van der Waals surface area (Å²) < 4.78 is 0. The molecule has 0 aliphatic rings. The smallest absolute Gasteiger partial charge is 0.336 e. The van der Waals surface area contributed by atoms with Crippen LogP contribution in [0.2, 0.25) is 0 Å². The molecule has 0 amide bonds. The summed E-state index contributed by atoms with van der Waals surface area (Å²) in [5, 5.41) is 27.1. The molecule has 0 bridgehead atoms. The zero-order chi connectivity index (χ0) is 15.6. The summed E-state index contributed by atoms with van der Waals surface area (Å²) in [6, 6.07) is 10.7. The van der Waals surface area contributed by atoms with E-state index in [9.17, 15) is 14.4 Å². The van der Waals surface area contributed by atoms with E-state index >= 15 is 0 Å². The van der Waals surface area contributed by atoms with Crippen LogP contribution in [0.25, 0.3) is 11.1 Å². The third-order valence-electron chi connectivity index (χ3n) is 2.86. The van der Waals surface area contributed by atoms with Crippen LogP contribution in [0, 0.1) is 6.07 Å². The van der Waals surface area contributed by atoms with Gasteiger partial charge in [0, 0.05) is 5.56 Å². The highest BCUT2D eigenvalue weighted by molar-refractivity contribution is 6.03. The molecule has 0 unspecified atom stereocenters. The average Bonchev–Trinajstić information content (AvgIpc) is 2.46. The zero-order valence-electron chi connectivity index (χ0n) is 10.5. The van der Waals surface area contributed by atoms with Crippen molar-refractivity contribution in [2.75, 3.05) is 0 Å². The summed E-state index contributed by atoms with van der Waals surface area (Å²) in [6.07, 6.45) is 0. The van der Waals surface area contributed by atoms with Crippen LogP contribution in [0.15, 0.2) is 36.4 Å². The van der Waals surface area contributed by atoms with Crippen molar-refractivity contribution in [2.45, 2.75) is 0 Å². The molecule has 6 nitrogen and oxygen atoms in total. The first kappa shape index (κ1) is 14.3. The van der Waals surface area contributed by atoms with Gasteiger partial charge < -0.3 is 15.3 Å². The van der Waals surface area contributed by atoms with Gasteiger partial charge in [-0.1, -0.05) is 18.2 Å². The van der Waals surface area contributed by atoms with E-state index < -0.39 is 23.5 Å². The first-order chi connectivity index (χ1) is 9.91. The maximum absolute atomic E-state index is 11.2. The fourth-order valence-corrected chi connectivity index (χ4v) is 1.92. The van der Waals surface area contributed by atoms with E-state index in [-0.39, 0.29) is 22.3 Å². The van der Waals surface area contributed by atoms with E-state index in [2.05, 4.69) is 6.07 Å². The van der Waals surface area contributed by atoms with Crippen LogP contribution in [-0.2, 0) is 0 Å². The van der Waals surface area contributed by atoms with E-state index in [4.69, 9.17) is 15.3 Å². The molecule has 0 saturated heterocycles. The number of carbonyl (C=O) groups is 3. The van der Waals surface area contributed by atoms with Crippen molar-refractivity contribution in [3.8, 4) is 11.1 Å². The highest BCUT2D eigenvalue weighted by Gasteiger charge is 2.18. The van der Waals surface area contributed by atoms with Gasteiger partial charge in [-0.3, -0.25) is 0 Å². The van der Waals surface area contributed by atoms with Gasteiger partial charge in [0.2, 0.25) is 0 Å². The van der Waals surface area contributed by atoms with Crippen LogP contribution >= 0.6 is 0 Å². The van der Waals surface area contributed by atoms with Crippen LogP contribution in [0.4, 0.5) is 0 Å². The van der Waals surface area contributed by atoms with Gasteiger partial charge in [-0.25, -0.2) is 14.4 Å². The highest BCUT2D eigenvalue weighted by atomic mass is 16.4. The first-order valence-corrected chi connectivity index (χ1v) is 5.77. The molecule has 6 heteroatoms. The molecule has 2 aromatic rings. The normalized spacial score (nSPS) is 10.1. The van der Waals surface area contributed by atoms with E-state index in [1.807, 2.05) is 0 Å². The van der Waals surface area contributed by atoms with Crippen LogP contribution < -0.4 is 0 Å². The van der Waals surface area contributed by atoms with E-state index in [1.165, 1.54) is 24.3 Å². The van der Waals surface area contributed by atoms with Gasteiger partial charge in [0.25, 0.3) is 0 Å². The van der Waals surface area contributed by atoms with Gasteiger partial charge in [-0.05, 0) is 29.8 Å². The maximum Gasteiger partial charge on any atom is 0.336 e. The fourth-order valence-electron chi connectivity index (χ4n) is 1.92. The lowest BCUT2D eigenvalue weighted by Gasteiger charge is -2.08. The summed E-state index contributed by atoms with van der Waals surface area (Å²) in [4.78, 5) is 33.3. The predicted molar refractivity (Wildman–Crippen MR) is 71.6 cm³/mol. The first-order valence-electron chi connectivity index (χ1n) is 5.77. The van der Waals surface area contributed by atoms with Crippen molar-refractivity contribution in [2.24, 2.45) is 0 Å². The lowest BCUT2D eigenvalue weighted by molar-refractivity contribution is 0.0651. The Morgan fingerprint density at radius 1 is 0.810 bits per heavy atom. The summed E-state index contributed by atoms with van der Waals surface area (Å²) in [5.74, 6) is -3.95. The largest absolute Gasteiger partial charge is 0.478 e. The molecule has 3 N–H and O–H groups in total. The Balaban J connectivity index is 2.67. The van der Waals surface area contributed by atoms with Crippen molar-refractivity contribution in [1.29, 1.82) is 0 Å². The van der Waals surface area contributed by atoms with Crippen LogP contribution in [0.5, 0.6) is 0 Å². The number of benzene rings is 2. The summed E-state index contributed by atoms with van der Waals surface area (Å²) in [5.41, 5.74) is -0.343. The zero-order valence-corrected chi connectivity index (χ0v) is 10.5. The molecule has 105 valence electrons. The molecule has 2 rings (SSSR count). The minimum absolute atomic E-state index is 0.0445. The van der Waals surface area contributed by atoms with Gasteiger partial charge in [0.15, 0.2) is 0 Å². The number of carboxylic acids is 3. The second-order valence-corrected chi connectivity index (χ2v) is 4.13. The van der Waals surface area contributed by atoms with Crippen molar-refractivity contribution in [1.82, 2.24) is 0 Å². The number of hydrogen-bond acceptors (Lipinski definition) is 3. The van der Waals surface area contributed by atoms with E-state index in [0.29, 0.717) is 0 Å². The van der Waals surface area contributed by atoms with Crippen molar-refractivity contribution >= 4 is 17.9 Å². The lowest BCUT2D eigenvalue weighted by atomic mass is 9.95. The monoisotopic (exact) mass is 285 g/mol. The quantitative estimate of drug-likeness (QED) is 0.794. The molecule has 2 aromatic carbocycles. The summed E-state index contributed by atoms with van der Waals surface area (Å²) >= 11 is 0. The molecule has 0 saturated carbocycles. The average molecular weight is 285 g/mol. The van der Waals surface area contributed by atoms with Crippen LogP contribution in [-0.4, -0.2) is 33.2 Å². The summed E-state index contributed by atoms with van der Waals surface area (Å²) in [6.45, 7) is 0. The van der Waals surface area contributed by atoms with Crippen molar-refractivity contribution < 1.29 is 29.7 Å². The fraction of sp³-hybridized carbons (Fsp3) is 0. The molecule has 0 spiro atoms. The van der Waals surface area contributed by atoms with Crippen LogP contribution in [0.1, 0.15) is 31.1 Å². The molecule has 0 atom stereocenters. The Kier molecular flexibility index (Phi) is 3.71. The van der Waals surface area contributed by atoms with Gasteiger partial charge >= 0.3 is 17.9 Å². The standard InChI is InChI=1S/C15H9O6/c16-13(17)10-4-2-1-3-9(10)8-5-6-11(14(18)19)12(7-8)15(20)21/h1-2,4-7H,(H,16,17)(H,18,19)(H,20,21). The number of hydrogen-bond donors (Lipinski definition) is 3. The van der Waals surface area contributed by atoms with Crippen molar-refractivity contribution in [3.63, 3.8) is 0 Å². The topological polar surface area (TPSA) is 112 Å². The Bertz CT molecular complexity index is 748. The Labute approximate surface area is 118 Å². The number of carboxylic acid groups (broad SMARTS) is 3. The molecular formula is C15H9O6. The minimum atomic E-state index is -1.40. The molecule has 0 heterocycles. The molecule has 0 fully saturated rings. The van der Waals surface area contributed by atoms with Crippen molar-refractivity contribution in [3.05, 3.63) is 59.2 Å². The second kappa shape index (κ2) is 5.46. The van der Waals surface area contributed by atoms with Gasteiger partial charge in [-0.2, -0.15) is 0 Å². The molecule has 21 heavy (non-hydrogen) atoms. The maximum atomic E-state index is 11.2. The Morgan fingerprint density at radius 2 is 1.43 bits per heavy atom. The van der Waals surface area contributed by atoms with Gasteiger partial charge in [0.1, 0.15) is 0 Å². The molecule has 0 aliphatic heterocycles. The Hall–Kier alpha value is -3.15. The van der Waals surface area contributed by atoms with Gasteiger partial charge in [0.05, 0.1) is 16.7 Å². The third kappa shape index (κ3) is 2.74. The minimum Gasteiger partial charge on any atom is -0.478 e. The molecule has 0 aromatic heterocycles. The number of rotatable bonds is 4. The highest BCUT2D eigenvalue weighted by Crippen LogP contribution is 2.26. The van der Waals surface area contributed by atoms with E-state index in [1.54, 1.807) is 0 Å². The third-order valence-corrected chi connectivity index (χ3v) is 2.86. The van der Waals surface area contributed by atoms with E-state index in [0.717, 1.165) is 12.1 Å². The van der Waals surface area contributed by atoms with Crippen LogP contribution in [0.3, 0.4) is 0 Å². The Morgan fingerprint density at radius 3 is 2.00 bits per heavy atom. The molecular weight excluding hydrogens is 276 g/mol. The van der Waals surface area contributed by atoms with Gasteiger partial charge in [-0.15, -0.1) is 0 Å². The SMILES string of the molecule is O=C(O)c1ccc[c]c1-c1ccc(C(=O)O)c(C(=O)O)c1. The molecule has 1 radical (unpaired) electrons. The molecule has 0 aliphatic carbocycles.